The van der Waals surface area contributed by atoms with Gasteiger partial charge < -0.3 is 5.32 Å². The van der Waals surface area contributed by atoms with Crippen LogP contribution in [0.5, 0.6) is 0 Å². The monoisotopic (exact) mass is 230 g/mol. The van der Waals surface area contributed by atoms with Crippen molar-refractivity contribution < 1.29 is 0 Å². The smallest absolute Gasteiger partial charge is 0.0271 e. The van der Waals surface area contributed by atoms with E-state index in [9.17, 15) is 0 Å². The first-order valence-corrected chi connectivity index (χ1v) is 7.01. The molecule has 2 fully saturated rings. The van der Waals surface area contributed by atoms with Crippen LogP contribution in [0.2, 0.25) is 0 Å². The third-order valence-electron chi connectivity index (χ3n) is 4.82. The standard InChI is InChI=1S/C15H22N2/c1-2-7-15(8-3-1)9-4-14(15)17-12-13-5-10-16-11-6-13/h5-6,10-11,14,17H,1-4,7-9,12H2. The molecule has 3 rings (SSSR count). The van der Waals surface area contributed by atoms with E-state index in [1.165, 1.54) is 50.5 Å². The molecule has 1 spiro atoms. The third-order valence-corrected chi connectivity index (χ3v) is 4.82. The molecule has 1 aromatic heterocycles. The number of rotatable bonds is 3. The number of aromatic nitrogens is 1. The Morgan fingerprint density at radius 1 is 1.12 bits per heavy atom. The lowest BCUT2D eigenvalue weighted by atomic mass is 9.57. The zero-order valence-corrected chi connectivity index (χ0v) is 10.5. The van der Waals surface area contributed by atoms with E-state index in [0.29, 0.717) is 5.41 Å². The summed E-state index contributed by atoms with van der Waals surface area (Å²) in [6, 6.07) is 4.99. The predicted molar refractivity (Wildman–Crippen MR) is 69.6 cm³/mol. The third kappa shape index (κ3) is 2.23. The molecule has 0 aliphatic heterocycles. The van der Waals surface area contributed by atoms with Gasteiger partial charge in [0.05, 0.1) is 0 Å². The molecule has 2 nitrogen and oxygen atoms in total. The van der Waals surface area contributed by atoms with Gasteiger partial charge >= 0.3 is 0 Å². The lowest BCUT2D eigenvalue weighted by molar-refractivity contribution is 0.0221. The molecule has 1 N–H and O–H groups in total. The van der Waals surface area contributed by atoms with E-state index in [0.717, 1.165) is 12.6 Å². The van der Waals surface area contributed by atoms with Gasteiger partial charge in [-0.1, -0.05) is 19.3 Å². The normalized spacial score (nSPS) is 26.7. The lowest BCUT2D eigenvalue weighted by Gasteiger charge is -2.52. The molecular weight excluding hydrogens is 208 g/mol. The van der Waals surface area contributed by atoms with Crippen molar-refractivity contribution in [1.82, 2.24) is 10.3 Å². The van der Waals surface area contributed by atoms with E-state index < -0.39 is 0 Å². The number of nitrogens with zero attached hydrogens (tertiary/aromatic N) is 1. The second kappa shape index (κ2) is 4.77. The topological polar surface area (TPSA) is 24.9 Å². The van der Waals surface area contributed by atoms with Crippen molar-refractivity contribution in [2.75, 3.05) is 0 Å². The van der Waals surface area contributed by atoms with Crippen LogP contribution in [0.25, 0.3) is 0 Å². The van der Waals surface area contributed by atoms with Crippen molar-refractivity contribution in [1.29, 1.82) is 0 Å². The lowest BCUT2D eigenvalue weighted by Crippen LogP contribution is -2.53. The van der Waals surface area contributed by atoms with Crippen LogP contribution in [0, 0.1) is 5.41 Å². The first kappa shape index (κ1) is 11.2. The maximum Gasteiger partial charge on any atom is 0.0271 e. The highest BCUT2D eigenvalue weighted by atomic mass is 15.0. The van der Waals surface area contributed by atoms with E-state index >= 15 is 0 Å². The fourth-order valence-electron chi connectivity index (χ4n) is 3.61. The van der Waals surface area contributed by atoms with Gasteiger partial charge in [0.25, 0.3) is 0 Å². The second-order valence-electron chi connectivity index (χ2n) is 5.75. The molecule has 0 bridgehead atoms. The van der Waals surface area contributed by atoms with Crippen molar-refractivity contribution in [3.63, 3.8) is 0 Å². The molecule has 0 radical (unpaired) electrons. The van der Waals surface area contributed by atoms with Gasteiger partial charge in [-0.25, -0.2) is 0 Å². The molecule has 0 aromatic carbocycles. The highest BCUT2D eigenvalue weighted by molar-refractivity contribution is 5.10. The number of hydrogen-bond donors (Lipinski definition) is 1. The van der Waals surface area contributed by atoms with Gasteiger partial charge in [-0.05, 0) is 48.8 Å². The van der Waals surface area contributed by atoms with Crippen molar-refractivity contribution in [2.45, 2.75) is 57.5 Å². The molecule has 0 amide bonds. The maximum atomic E-state index is 4.06. The minimum absolute atomic E-state index is 0.672. The predicted octanol–water partition coefficient (Wildman–Crippen LogP) is 3.28. The van der Waals surface area contributed by atoms with Crippen LogP contribution in [0.15, 0.2) is 24.5 Å². The minimum atomic E-state index is 0.672. The van der Waals surface area contributed by atoms with Gasteiger partial charge in [0.2, 0.25) is 0 Å². The molecule has 1 heterocycles. The van der Waals surface area contributed by atoms with Crippen LogP contribution in [0.4, 0.5) is 0 Å². The number of pyridine rings is 1. The van der Waals surface area contributed by atoms with Crippen molar-refractivity contribution >= 4 is 0 Å². The fraction of sp³-hybridized carbons (Fsp3) is 0.667. The van der Waals surface area contributed by atoms with Crippen LogP contribution < -0.4 is 5.32 Å². The molecule has 2 heteroatoms. The van der Waals surface area contributed by atoms with Crippen LogP contribution in [0.3, 0.4) is 0 Å². The molecule has 2 aliphatic carbocycles. The Morgan fingerprint density at radius 3 is 2.53 bits per heavy atom. The van der Waals surface area contributed by atoms with Gasteiger partial charge in [0.1, 0.15) is 0 Å². The minimum Gasteiger partial charge on any atom is -0.309 e. The number of nitrogens with one attached hydrogen (secondary N) is 1. The molecule has 17 heavy (non-hydrogen) atoms. The van der Waals surface area contributed by atoms with Crippen molar-refractivity contribution in [2.24, 2.45) is 5.41 Å². The summed E-state index contributed by atoms with van der Waals surface area (Å²) in [5.41, 5.74) is 2.03. The summed E-state index contributed by atoms with van der Waals surface area (Å²) in [6.45, 7) is 1.01. The second-order valence-corrected chi connectivity index (χ2v) is 5.75. The average Bonchev–Trinajstić information content (AvgIpc) is 2.40. The van der Waals surface area contributed by atoms with Gasteiger partial charge in [0, 0.05) is 25.0 Å². The number of hydrogen-bond acceptors (Lipinski definition) is 2. The average molecular weight is 230 g/mol. The fourth-order valence-corrected chi connectivity index (χ4v) is 3.61. The Kier molecular flexibility index (Phi) is 3.15. The van der Waals surface area contributed by atoms with Gasteiger partial charge in [-0.3, -0.25) is 4.98 Å². The van der Waals surface area contributed by atoms with Crippen LogP contribution in [0.1, 0.15) is 50.5 Å². The first-order valence-electron chi connectivity index (χ1n) is 7.01. The Bertz CT molecular complexity index is 354. The molecule has 2 saturated carbocycles. The summed E-state index contributed by atoms with van der Waals surface area (Å²) < 4.78 is 0. The zero-order valence-electron chi connectivity index (χ0n) is 10.5. The Morgan fingerprint density at radius 2 is 1.88 bits per heavy atom. The largest absolute Gasteiger partial charge is 0.309 e. The maximum absolute atomic E-state index is 4.06. The van der Waals surface area contributed by atoms with Crippen molar-refractivity contribution in [3.05, 3.63) is 30.1 Å². The molecule has 1 atom stereocenters. The molecule has 0 saturated heterocycles. The molecule has 1 aromatic rings. The summed E-state index contributed by atoms with van der Waals surface area (Å²) >= 11 is 0. The molecule has 92 valence electrons. The summed E-state index contributed by atoms with van der Waals surface area (Å²) in [4.78, 5) is 4.06. The molecule has 1 unspecified atom stereocenters. The summed E-state index contributed by atoms with van der Waals surface area (Å²) in [5.74, 6) is 0. The van der Waals surface area contributed by atoms with E-state index in [2.05, 4.69) is 22.4 Å². The van der Waals surface area contributed by atoms with Gasteiger partial charge in [0.15, 0.2) is 0 Å². The quantitative estimate of drug-likeness (QED) is 0.862. The van der Waals surface area contributed by atoms with E-state index in [4.69, 9.17) is 0 Å². The molecule has 2 aliphatic rings. The van der Waals surface area contributed by atoms with Crippen LogP contribution in [-0.2, 0) is 6.54 Å². The van der Waals surface area contributed by atoms with Crippen molar-refractivity contribution in [3.8, 4) is 0 Å². The van der Waals surface area contributed by atoms with Crippen LogP contribution >= 0.6 is 0 Å². The Labute approximate surface area is 104 Å². The Balaban J connectivity index is 1.56. The van der Waals surface area contributed by atoms with Crippen LogP contribution in [-0.4, -0.2) is 11.0 Å². The highest BCUT2D eigenvalue weighted by Gasteiger charge is 2.46. The molecular formula is C15H22N2. The SMILES string of the molecule is c1cc(CNC2CCC23CCCCC3)ccn1. The highest BCUT2D eigenvalue weighted by Crippen LogP contribution is 2.51. The van der Waals surface area contributed by atoms with E-state index in [1.807, 2.05) is 12.4 Å². The van der Waals surface area contributed by atoms with E-state index in [-0.39, 0.29) is 0 Å². The summed E-state index contributed by atoms with van der Waals surface area (Å²) in [7, 11) is 0. The Hall–Kier alpha value is -0.890. The first-order chi connectivity index (χ1) is 8.39. The zero-order chi connectivity index (χ0) is 11.6. The summed E-state index contributed by atoms with van der Waals surface area (Å²) in [5, 5.41) is 3.77. The van der Waals surface area contributed by atoms with Gasteiger partial charge in [-0.2, -0.15) is 0 Å². The van der Waals surface area contributed by atoms with E-state index in [1.54, 1.807) is 0 Å². The summed E-state index contributed by atoms with van der Waals surface area (Å²) in [6.07, 6.45) is 13.9. The van der Waals surface area contributed by atoms with Gasteiger partial charge in [-0.15, -0.1) is 0 Å².